The molecule has 0 fully saturated rings. The molecule has 0 atom stereocenters. The minimum Gasteiger partial charge on any atom is -0.399 e. The maximum atomic E-state index is 13.6. The lowest BCUT2D eigenvalue weighted by atomic mass is 9.92. The SMILES string of the molecule is Nc1ccc(-c2ccc(Nc3cccc(C(F)(F)F)c3)c(N)c2Cc2cccc(C(=O)Nc3cccc4c3Cc3ccccc3-4)c2)cc1. The maximum Gasteiger partial charge on any atom is 0.416 e. The van der Waals surface area contributed by atoms with Crippen LogP contribution in [0.3, 0.4) is 0 Å². The van der Waals surface area contributed by atoms with Crippen LogP contribution >= 0.6 is 0 Å². The molecule has 238 valence electrons. The van der Waals surface area contributed by atoms with Gasteiger partial charge in [-0.05, 0) is 99.1 Å². The maximum absolute atomic E-state index is 13.6. The fourth-order valence-electron chi connectivity index (χ4n) is 6.32. The Labute approximate surface area is 276 Å². The van der Waals surface area contributed by atoms with E-state index in [4.69, 9.17) is 11.5 Å². The van der Waals surface area contributed by atoms with Gasteiger partial charge in [0.05, 0.1) is 16.9 Å². The van der Waals surface area contributed by atoms with E-state index in [2.05, 4.69) is 28.8 Å². The molecule has 1 amide bonds. The molecular weight excluding hydrogens is 609 g/mol. The van der Waals surface area contributed by atoms with Gasteiger partial charge in [-0.15, -0.1) is 0 Å². The van der Waals surface area contributed by atoms with Gasteiger partial charge in [0.25, 0.3) is 5.91 Å². The number of hydrogen-bond donors (Lipinski definition) is 4. The first-order valence-corrected chi connectivity index (χ1v) is 15.5. The standard InChI is InChI=1S/C40H31F3N4O/c41-40(42,43)28-9-4-10-30(23-28)46-37-19-18-32(25-14-16-29(44)17-15-25)35(38(37)45)21-24-6-3-8-27(20-24)39(48)47-36-13-5-12-33-31-11-2-1-7-26(31)22-34(33)36/h1-20,23,46H,21-22,44-45H2,(H,47,48). The third kappa shape index (κ3) is 6.08. The molecule has 0 aromatic heterocycles. The average molecular weight is 641 g/mol. The van der Waals surface area contributed by atoms with E-state index in [-0.39, 0.29) is 11.6 Å². The summed E-state index contributed by atoms with van der Waals surface area (Å²) >= 11 is 0. The molecule has 0 saturated heterocycles. The van der Waals surface area contributed by atoms with Crippen LogP contribution in [0.25, 0.3) is 22.3 Å². The summed E-state index contributed by atoms with van der Waals surface area (Å²) in [6, 6.07) is 37.6. The Hall–Kier alpha value is -6.02. The molecule has 5 nitrogen and oxygen atoms in total. The number of carbonyl (C=O) groups is 1. The number of anilines is 5. The van der Waals surface area contributed by atoms with E-state index < -0.39 is 11.7 Å². The lowest BCUT2D eigenvalue weighted by Crippen LogP contribution is -2.13. The van der Waals surface area contributed by atoms with Crippen molar-refractivity contribution in [2.75, 3.05) is 22.1 Å². The van der Waals surface area contributed by atoms with Crippen molar-refractivity contribution in [1.29, 1.82) is 0 Å². The van der Waals surface area contributed by atoms with Crippen LogP contribution in [0.1, 0.15) is 38.2 Å². The van der Waals surface area contributed by atoms with Crippen molar-refractivity contribution < 1.29 is 18.0 Å². The predicted octanol–water partition coefficient (Wildman–Crippen LogP) is 9.69. The molecule has 1 aliphatic carbocycles. The Balaban J connectivity index is 1.20. The summed E-state index contributed by atoms with van der Waals surface area (Å²) < 4.78 is 40.2. The fourth-order valence-corrected chi connectivity index (χ4v) is 6.32. The third-order valence-electron chi connectivity index (χ3n) is 8.72. The molecule has 48 heavy (non-hydrogen) atoms. The summed E-state index contributed by atoms with van der Waals surface area (Å²) in [4.78, 5) is 13.6. The van der Waals surface area contributed by atoms with Crippen LogP contribution in [0, 0.1) is 0 Å². The van der Waals surface area contributed by atoms with Crippen molar-refractivity contribution in [3.63, 3.8) is 0 Å². The zero-order chi connectivity index (χ0) is 33.4. The second-order valence-electron chi connectivity index (χ2n) is 11.9. The first kappa shape index (κ1) is 30.6. The number of nitrogens with one attached hydrogen (secondary N) is 2. The summed E-state index contributed by atoms with van der Waals surface area (Å²) in [6.07, 6.45) is -3.36. The molecule has 0 saturated carbocycles. The highest BCUT2D eigenvalue weighted by Crippen LogP contribution is 2.41. The van der Waals surface area contributed by atoms with Crippen molar-refractivity contribution in [2.24, 2.45) is 0 Å². The summed E-state index contributed by atoms with van der Waals surface area (Å²) in [6.45, 7) is 0. The highest BCUT2D eigenvalue weighted by molar-refractivity contribution is 6.05. The van der Waals surface area contributed by atoms with Crippen LogP contribution in [0.4, 0.5) is 41.6 Å². The third-order valence-corrected chi connectivity index (χ3v) is 8.72. The summed E-state index contributed by atoms with van der Waals surface area (Å²) in [5.41, 5.74) is 22.9. The minimum atomic E-state index is -4.48. The van der Waals surface area contributed by atoms with E-state index in [0.29, 0.717) is 29.0 Å². The molecule has 0 bridgehead atoms. The molecule has 0 spiro atoms. The number of nitrogen functional groups attached to an aromatic ring is 2. The number of rotatable bonds is 7. The van der Waals surface area contributed by atoms with Gasteiger partial charge in [0, 0.05) is 35.5 Å². The van der Waals surface area contributed by atoms with Gasteiger partial charge in [0.1, 0.15) is 0 Å². The largest absolute Gasteiger partial charge is 0.416 e. The van der Waals surface area contributed by atoms with Gasteiger partial charge >= 0.3 is 6.18 Å². The monoisotopic (exact) mass is 640 g/mol. The number of fused-ring (bicyclic) bond motifs is 3. The predicted molar refractivity (Wildman–Crippen MR) is 187 cm³/mol. The number of amides is 1. The molecule has 6 aromatic carbocycles. The van der Waals surface area contributed by atoms with Gasteiger partial charge in [0.15, 0.2) is 0 Å². The van der Waals surface area contributed by atoms with E-state index in [0.717, 1.165) is 57.6 Å². The molecule has 6 aromatic rings. The number of benzene rings is 6. The fraction of sp³-hybridized carbons (Fsp3) is 0.0750. The van der Waals surface area contributed by atoms with E-state index in [1.165, 1.54) is 17.2 Å². The zero-order valence-electron chi connectivity index (χ0n) is 25.7. The second-order valence-corrected chi connectivity index (χ2v) is 11.9. The Morgan fingerprint density at radius 2 is 1.46 bits per heavy atom. The summed E-state index contributed by atoms with van der Waals surface area (Å²) in [5.74, 6) is -0.229. The Bertz CT molecular complexity index is 2170. The molecule has 6 N–H and O–H groups in total. The molecule has 7 rings (SSSR count). The van der Waals surface area contributed by atoms with Crippen LogP contribution in [0.15, 0.2) is 127 Å². The Morgan fingerprint density at radius 1 is 0.708 bits per heavy atom. The van der Waals surface area contributed by atoms with Gasteiger partial charge in [-0.3, -0.25) is 4.79 Å². The number of halogens is 3. The number of nitrogens with two attached hydrogens (primary N) is 2. The van der Waals surface area contributed by atoms with Crippen molar-refractivity contribution in [3.8, 4) is 22.3 Å². The lowest BCUT2D eigenvalue weighted by molar-refractivity contribution is -0.137. The highest BCUT2D eigenvalue weighted by atomic mass is 19.4. The number of hydrogen-bond acceptors (Lipinski definition) is 4. The minimum absolute atomic E-state index is 0.229. The van der Waals surface area contributed by atoms with Gasteiger partial charge in [0.2, 0.25) is 0 Å². The molecule has 1 aliphatic rings. The molecule has 0 aliphatic heterocycles. The second kappa shape index (κ2) is 12.3. The smallest absolute Gasteiger partial charge is 0.399 e. The normalized spacial score (nSPS) is 11.9. The molecule has 8 heteroatoms. The van der Waals surface area contributed by atoms with Crippen molar-refractivity contribution in [3.05, 3.63) is 161 Å². The van der Waals surface area contributed by atoms with Crippen LogP contribution in [-0.2, 0) is 19.0 Å². The number of alkyl halides is 3. The lowest BCUT2D eigenvalue weighted by Gasteiger charge is -2.19. The van der Waals surface area contributed by atoms with Gasteiger partial charge in [-0.1, -0.05) is 72.8 Å². The first-order valence-electron chi connectivity index (χ1n) is 15.5. The zero-order valence-corrected chi connectivity index (χ0v) is 25.7. The van der Waals surface area contributed by atoms with E-state index in [9.17, 15) is 18.0 Å². The van der Waals surface area contributed by atoms with Crippen molar-refractivity contribution in [1.82, 2.24) is 0 Å². The van der Waals surface area contributed by atoms with E-state index in [1.54, 1.807) is 30.3 Å². The van der Waals surface area contributed by atoms with Gasteiger partial charge in [-0.25, -0.2) is 0 Å². The Morgan fingerprint density at radius 3 is 2.27 bits per heavy atom. The van der Waals surface area contributed by atoms with Crippen molar-refractivity contribution in [2.45, 2.75) is 19.0 Å². The van der Waals surface area contributed by atoms with Crippen LogP contribution in [-0.4, -0.2) is 5.91 Å². The Kier molecular flexibility index (Phi) is 7.85. The van der Waals surface area contributed by atoms with Crippen molar-refractivity contribution >= 4 is 34.3 Å². The highest BCUT2D eigenvalue weighted by Gasteiger charge is 2.30. The number of carbonyl (C=O) groups excluding carboxylic acids is 1. The van der Waals surface area contributed by atoms with Gasteiger partial charge < -0.3 is 22.1 Å². The van der Waals surface area contributed by atoms with Crippen LogP contribution < -0.4 is 22.1 Å². The molecule has 0 unspecified atom stereocenters. The summed E-state index contributed by atoms with van der Waals surface area (Å²) in [7, 11) is 0. The topological polar surface area (TPSA) is 93.2 Å². The molecule has 0 heterocycles. The quantitative estimate of drug-likeness (QED) is 0.131. The van der Waals surface area contributed by atoms with E-state index in [1.807, 2.05) is 60.7 Å². The van der Waals surface area contributed by atoms with Gasteiger partial charge in [-0.2, -0.15) is 13.2 Å². The molecule has 0 radical (unpaired) electrons. The van der Waals surface area contributed by atoms with Crippen LogP contribution in [0.5, 0.6) is 0 Å². The first-order chi connectivity index (χ1) is 23.1. The average Bonchev–Trinajstić information content (AvgIpc) is 3.47. The van der Waals surface area contributed by atoms with Crippen LogP contribution in [0.2, 0.25) is 0 Å². The summed E-state index contributed by atoms with van der Waals surface area (Å²) in [5, 5.41) is 6.20. The van der Waals surface area contributed by atoms with E-state index >= 15 is 0 Å². The molecular formula is C40H31F3N4O.